The highest BCUT2D eigenvalue weighted by Crippen LogP contribution is 2.23. The van der Waals surface area contributed by atoms with E-state index >= 15 is 0 Å². The van der Waals surface area contributed by atoms with Crippen molar-refractivity contribution in [3.05, 3.63) is 0 Å². The number of carbonyl (C=O) groups is 1. The van der Waals surface area contributed by atoms with E-state index in [9.17, 15) is 17.6 Å². The van der Waals surface area contributed by atoms with Crippen LogP contribution in [-0.4, -0.2) is 73.2 Å². The van der Waals surface area contributed by atoms with Gasteiger partial charge < -0.3 is 10.2 Å². The van der Waals surface area contributed by atoms with E-state index in [1.807, 2.05) is 6.07 Å². The van der Waals surface area contributed by atoms with Gasteiger partial charge in [0, 0.05) is 25.6 Å². The first kappa shape index (κ1) is 19.1. The molecule has 0 aromatic rings. The Balaban J connectivity index is 1.85. The minimum absolute atomic E-state index is 0.0169. The van der Waals surface area contributed by atoms with Crippen molar-refractivity contribution < 1.29 is 17.6 Å². The second kappa shape index (κ2) is 7.76. The van der Waals surface area contributed by atoms with Gasteiger partial charge in [0.25, 0.3) is 0 Å². The molecule has 2 fully saturated rings. The van der Waals surface area contributed by atoms with E-state index in [0.29, 0.717) is 13.1 Å². The Labute approximate surface area is 142 Å². The number of nitrogens with one attached hydrogen (secondary N) is 1. The van der Waals surface area contributed by atoms with E-state index < -0.39 is 27.5 Å². The summed E-state index contributed by atoms with van der Waals surface area (Å²) >= 11 is 0. The molecule has 2 aliphatic heterocycles. The molecule has 2 heterocycles. The largest absolute Gasteiger partial charge is 0.323 e. The molecular formula is C15H25FN4O3S. The number of sulfonamides is 1. The van der Waals surface area contributed by atoms with E-state index in [4.69, 9.17) is 5.26 Å². The first-order valence-electron chi connectivity index (χ1n) is 8.32. The summed E-state index contributed by atoms with van der Waals surface area (Å²) in [6.45, 7) is 4.14. The number of hydrogen-bond acceptors (Lipinski definition) is 5. The van der Waals surface area contributed by atoms with Crippen LogP contribution in [0.15, 0.2) is 0 Å². The Morgan fingerprint density at radius 1 is 1.46 bits per heavy atom. The normalized spacial score (nSPS) is 28.5. The highest BCUT2D eigenvalue weighted by atomic mass is 32.2. The predicted molar refractivity (Wildman–Crippen MR) is 87.3 cm³/mol. The number of hydrogen-bond donors (Lipinski definition) is 1. The van der Waals surface area contributed by atoms with Gasteiger partial charge in [-0.25, -0.2) is 12.8 Å². The summed E-state index contributed by atoms with van der Waals surface area (Å²) in [7, 11) is -3.31. The van der Waals surface area contributed by atoms with Gasteiger partial charge in [-0.2, -0.15) is 9.57 Å². The molecule has 2 aliphatic rings. The quantitative estimate of drug-likeness (QED) is 0.732. The molecule has 3 atom stereocenters. The van der Waals surface area contributed by atoms with Crippen molar-refractivity contribution >= 4 is 15.9 Å². The molecule has 7 nitrogen and oxygen atoms in total. The van der Waals surface area contributed by atoms with E-state index in [1.165, 1.54) is 9.21 Å². The second-order valence-corrected chi connectivity index (χ2v) is 9.10. The van der Waals surface area contributed by atoms with Gasteiger partial charge in [0.1, 0.15) is 12.2 Å². The fraction of sp³-hybridized carbons (Fsp3) is 0.867. The minimum Gasteiger partial charge on any atom is -0.323 e. The lowest BCUT2D eigenvalue weighted by molar-refractivity contribution is -0.130. The number of rotatable bonds is 6. The highest BCUT2D eigenvalue weighted by Gasteiger charge is 2.37. The molecular weight excluding hydrogens is 335 g/mol. The topological polar surface area (TPSA) is 93.5 Å². The average molecular weight is 360 g/mol. The van der Waals surface area contributed by atoms with Crippen LogP contribution >= 0.6 is 0 Å². The second-order valence-electron chi connectivity index (χ2n) is 6.66. The standard InChI is InChI=1S/C15H25FN4O3S/c1-11(2)24(22,23)20-5-3-4-13(20)8-18-9-15(21)19-10-12(16)6-14(19)7-17/h11-14,18H,3-6,8-10H2,1-2H3/t12-,13+,14-/m0/s1. The first-order chi connectivity index (χ1) is 11.3. The third kappa shape index (κ3) is 4.05. The van der Waals surface area contributed by atoms with Crippen molar-refractivity contribution in [2.45, 2.75) is 56.6 Å². The van der Waals surface area contributed by atoms with Gasteiger partial charge in [-0.15, -0.1) is 0 Å². The Bertz CT molecular complexity index is 604. The summed E-state index contributed by atoms with van der Waals surface area (Å²) in [5.41, 5.74) is 0. The van der Waals surface area contributed by atoms with Crippen molar-refractivity contribution in [1.82, 2.24) is 14.5 Å². The summed E-state index contributed by atoms with van der Waals surface area (Å²) < 4.78 is 39.5. The molecule has 2 rings (SSSR count). The third-order valence-corrected chi connectivity index (χ3v) is 6.95. The zero-order valence-electron chi connectivity index (χ0n) is 14.1. The van der Waals surface area contributed by atoms with Gasteiger partial charge in [0.2, 0.25) is 15.9 Å². The molecule has 9 heteroatoms. The average Bonchev–Trinajstić information content (AvgIpc) is 3.13. The van der Waals surface area contributed by atoms with E-state index in [1.54, 1.807) is 13.8 Å². The van der Waals surface area contributed by atoms with Crippen LogP contribution in [0.1, 0.15) is 33.1 Å². The molecule has 2 saturated heterocycles. The van der Waals surface area contributed by atoms with Crippen molar-refractivity contribution in [2.75, 3.05) is 26.2 Å². The molecule has 0 spiro atoms. The smallest absolute Gasteiger partial charge is 0.237 e. The summed E-state index contributed by atoms with van der Waals surface area (Å²) in [5, 5.41) is 11.5. The maximum Gasteiger partial charge on any atom is 0.237 e. The summed E-state index contributed by atoms with van der Waals surface area (Å²) in [6.07, 6.45) is 0.466. The summed E-state index contributed by atoms with van der Waals surface area (Å²) in [6, 6.07) is 1.07. The molecule has 0 aliphatic carbocycles. The van der Waals surface area contributed by atoms with Gasteiger partial charge in [0.15, 0.2) is 0 Å². The zero-order chi connectivity index (χ0) is 17.9. The zero-order valence-corrected chi connectivity index (χ0v) is 14.9. The van der Waals surface area contributed by atoms with Gasteiger partial charge in [-0.3, -0.25) is 4.79 Å². The van der Waals surface area contributed by atoms with Crippen molar-refractivity contribution in [2.24, 2.45) is 0 Å². The summed E-state index contributed by atoms with van der Waals surface area (Å²) in [4.78, 5) is 13.4. The molecule has 1 N–H and O–H groups in total. The lowest BCUT2D eigenvalue weighted by Crippen LogP contribution is -2.47. The molecule has 0 aromatic carbocycles. The first-order valence-corrected chi connectivity index (χ1v) is 9.82. The Morgan fingerprint density at radius 2 is 2.17 bits per heavy atom. The van der Waals surface area contributed by atoms with Gasteiger partial charge in [-0.05, 0) is 26.7 Å². The van der Waals surface area contributed by atoms with Crippen LogP contribution in [0, 0.1) is 11.3 Å². The SMILES string of the molecule is CC(C)S(=O)(=O)N1CCC[C@@H]1CNCC(=O)N1C[C@@H](F)C[C@H]1C#N. The molecule has 24 heavy (non-hydrogen) atoms. The number of nitrogens with zero attached hydrogens (tertiary/aromatic N) is 3. The number of carbonyl (C=O) groups excluding carboxylic acids is 1. The fourth-order valence-corrected chi connectivity index (χ4v) is 4.77. The Morgan fingerprint density at radius 3 is 2.79 bits per heavy atom. The molecule has 1 amide bonds. The lowest BCUT2D eigenvalue weighted by atomic mass is 10.2. The Kier molecular flexibility index (Phi) is 6.17. The van der Waals surface area contributed by atoms with Crippen LogP contribution in [0.3, 0.4) is 0 Å². The molecule has 0 unspecified atom stereocenters. The van der Waals surface area contributed by atoms with E-state index in [0.717, 1.165) is 12.8 Å². The Hall–Kier alpha value is -1.24. The van der Waals surface area contributed by atoms with Gasteiger partial charge in [0.05, 0.1) is 24.4 Å². The maximum atomic E-state index is 13.4. The maximum absolute atomic E-state index is 13.4. The lowest BCUT2D eigenvalue weighted by Gasteiger charge is -2.26. The molecule has 0 radical (unpaired) electrons. The van der Waals surface area contributed by atoms with Crippen LogP contribution < -0.4 is 5.32 Å². The third-order valence-electron chi connectivity index (χ3n) is 4.62. The van der Waals surface area contributed by atoms with Crippen LogP contribution in [0.5, 0.6) is 0 Å². The molecule has 0 bridgehead atoms. The number of likely N-dealkylation sites (tertiary alicyclic amines) is 1. The van der Waals surface area contributed by atoms with Crippen LogP contribution in [-0.2, 0) is 14.8 Å². The predicted octanol–water partition coefficient (Wildman–Crippen LogP) is 0.241. The van der Waals surface area contributed by atoms with Gasteiger partial charge >= 0.3 is 0 Å². The van der Waals surface area contributed by atoms with Crippen LogP contribution in [0.25, 0.3) is 0 Å². The van der Waals surface area contributed by atoms with Crippen molar-refractivity contribution in [3.8, 4) is 6.07 Å². The van der Waals surface area contributed by atoms with Crippen molar-refractivity contribution in [3.63, 3.8) is 0 Å². The van der Waals surface area contributed by atoms with Crippen LogP contribution in [0.4, 0.5) is 4.39 Å². The number of alkyl halides is 1. The van der Waals surface area contributed by atoms with E-state index in [-0.39, 0.29) is 31.5 Å². The van der Waals surface area contributed by atoms with E-state index in [2.05, 4.69) is 5.32 Å². The van der Waals surface area contributed by atoms with Gasteiger partial charge in [-0.1, -0.05) is 0 Å². The highest BCUT2D eigenvalue weighted by molar-refractivity contribution is 7.89. The molecule has 136 valence electrons. The van der Waals surface area contributed by atoms with Crippen molar-refractivity contribution in [1.29, 1.82) is 5.26 Å². The minimum atomic E-state index is -3.31. The van der Waals surface area contributed by atoms with Crippen LogP contribution in [0.2, 0.25) is 0 Å². The monoisotopic (exact) mass is 360 g/mol. The molecule has 0 aromatic heterocycles. The number of nitriles is 1. The fourth-order valence-electron chi connectivity index (χ4n) is 3.25. The summed E-state index contributed by atoms with van der Waals surface area (Å²) in [5.74, 6) is -0.321. The molecule has 0 saturated carbocycles. The number of halogens is 1. The number of amides is 1.